The van der Waals surface area contributed by atoms with Gasteiger partial charge in [-0.1, -0.05) is 19.9 Å². The molecule has 0 spiro atoms. The molecule has 1 atom stereocenters. The molecule has 6 nitrogen and oxygen atoms in total. The van der Waals surface area contributed by atoms with E-state index in [-0.39, 0.29) is 17.3 Å². The first-order chi connectivity index (χ1) is 16.2. The topological polar surface area (TPSA) is 63.8 Å². The van der Waals surface area contributed by atoms with E-state index in [2.05, 4.69) is 64.7 Å². The third-order valence-corrected chi connectivity index (χ3v) is 8.11. The van der Waals surface area contributed by atoms with Crippen molar-refractivity contribution in [1.82, 2.24) is 9.88 Å². The van der Waals surface area contributed by atoms with Gasteiger partial charge in [-0.3, -0.25) is 0 Å². The van der Waals surface area contributed by atoms with E-state index >= 15 is 0 Å². The number of likely N-dealkylation sites (tertiary alicyclic amines) is 1. The predicted molar refractivity (Wildman–Crippen MR) is 143 cm³/mol. The zero-order chi connectivity index (χ0) is 25.8. The first-order valence-corrected chi connectivity index (χ1v) is 13.2. The summed E-state index contributed by atoms with van der Waals surface area (Å²) in [6.45, 7) is 20.1. The van der Waals surface area contributed by atoms with Crippen molar-refractivity contribution in [2.75, 3.05) is 13.1 Å². The van der Waals surface area contributed by atoms with Gasteiger partial charge in [0.25, 0.3) is 0 Å². The maximum absolute atomic E-state index is 12.5. The molecule has 0 saturated carbocycles. The molecular weight excluding hydrogens is 439 g/mol. The van der Waals surface area contributed by atoms with E-state index in [1.54, 1.807) is 0 Å². The standard InChI is InChI=1S/C28H43BN2O4/c1-10-18(2)23-21-17-20(19-13-15-31(16-14-19)25(32)33-26(3,4)5)11-12-22(21)30-24(23)29-34-27(6,7)28(8,9)35-29/h11-12,17-19,30H,10,13-16H2,1-9H3. The van der Waals surface area contributed by atoms with Crippen LogP contribution in [-0.4, -0.2) is 53.0 Å². The number of nitrogens with zero attached hydrogens (tertiary/aromatic N) is 1. The molecule has 35 heavy (non-hydrogen) atoms. The number of amides is 1. The van der Waals surface area contributed by atoms with Crippen LogP contribution >= 0.6 is 0 Å². The van der Waals surface area contributed by atoms with E-state index in [0.717, 1.165) is 43.5 Å². The summed E-state index contributed by atoms with van der Waals surface area (Å²) in [5, 5.41) is 1.26. The second-order valence-electron chi connectivity index (χ2n) is 12.4. The molecule has 192 valence electrons. The third-order valence-electron chi connectivity index (χ3n) is 8.11. The second kappa shape index (κ2) is 9.15. The predicted octanol–water partition coefficient (Wildman–Crippen LogP) is 6.10. The van der Waals surface area contributed by atoms with Gasteiger partial charge in [-0.25, -0.2) is 4.79 Å². The van der Waals surface area contributed by atoms with Crippen molar-refractivity contribution in [1.29, 1.82) is 0 Å². The fraction of sp³-hybridized carbons (Fsp3) is 0.679. The third kappa shape index (κ3) is 5.13. The summed E-state index contributed by atoms with van der Waals surface area (Å²) < 4.78 is 18.4. The van der Waals surface area contributed by atoms with Gasteiger partial charge >= 0.3 is 13.2 Å². The molecule has 1 aromatic heterocycles. The summed E-state index contributed by atoms with van der Waals surface area (Å²) in [5.74, 6) is 0.806. The number of ether oxygens (including phenoxy) is 1. The number of nitrogens with one attached hydrogen (secondary N) is 1. The van der Waals surface area contributed by atoms with Crippen LogP contribution in [0.4, 0.5) is 4.79 Å². The Morgan fingerprint density at radius 2 is 1.77 bits per heavy atom. The molecule has 2 aliphatic rings. The monoisotopic (exact) mass is 482 g/mol. The molecule has 7 heteroatoms. The highest BCUT2D eigenvalue weighted by Gasteiger charge is 2.53. The van der Waals surface area contributed by atoms with E-state index in [1.807, 2.05) is 25.7 Å². The van der Waals surface area contributed by atoms with Crippen LogP contribution in [0.5, 0.6) is 0 Å². The highest BCUT2D eigenvalue weighted by atomic mass is 16.7. The normalized spacial score (nSPS) is 21.5. The Morgan fingerprint density at radius 3 is 2.31 bits per heavy atom. The second-order valence-corrected chi connectivity index (χ2v) is 12.4. The van der Waals surface area contributed by atoms with E-state index in [1.165, 1.54) is 16.5 Å². The molecule has 0 aliphatic carbocycles. The van der Waals surface area contributed by atoms with Crippen molar-refractivity contribution in [3.63, 3.8) is 0 Å². The average Bonchev–Trinajstić information content (AvgIpc) is 3.25. The largest absolute Gasteiger partial charge is 0.512 e. The summed E-state index contributed by atoms with van der Waals surface area (Å²) in [6.07, 6.45) is 2.72. The van der Waals surface area contributed by atoms with Crippen LogP contribution in [0, 0.1) is 0 Å². The molecular formula is C28H43BN2O4. The van der Waals surface area contributed by atoms with Crippen LogP contribution in [0.3, 0.4) is 0 Å². The van der Waals surface area contributed by atoms with E-state index in [4.69, 9.17) is 14.0 Å². The average molecular weight is 482 g/mol. The molecule has 2 aromatic rings. The number of H-pyrrole nitrogens is 1. The van der Waals surface area contributed by atoms with Crippen molar-refractivity contribution < 1.29 is 18.8 Å². The SMILES string of the molecule is CCC(C)c1c(B2OC(C)(C)C(C)(C)O2)[nH]c2ccc(C3CCN(C(=O)OC(C)(C)C)CC3)cc12. The minimum atomic E-state index is -0.464. The van der Waals surface area contributed by atoms with Crippen molar-refractivity contribution in [2.45, 2.75) is 110 Å². The van der Waals surface area contributed by atoms with Gasteiger partial charge < -0.3 is 23.9 Å². The fourth-order valence-corrected chi connectivity index (χ4v) is 5.11. The summed E-state index contributed by atoms with van der Waals surface area (Å²) in [5.41, 5.74) is 3.59. The molecule has 4 rings (SSSR count). The Kier molecular flexibility index (Phi) is 6.82. The Labute approximate surface area is 211 Å². The van der Waals surface area contributed by atoms with Crippen LogP contribution in [0.2, 0.25) is 0 Å². The van der Waals surface area contributed by atoms with Crippen LogP contribution in [0.1, 0.15) is 105 Å². The first kappa shape index (κ1) is 26.1. The molecule has 1 unspecified atom stereocenters. The number of aromatic amines is 1. The van der Waals surface area contributed by atoms with Crippen molar-refractivity contribution in [3.8, 4) is 0 Å². The van der Waals surface area contributed by atoms with Crippen molar-refractivity contribution >= 4 is 29.7 Å². The quantitative estimate of drug-likeness (QED) is 0.536. The minimum Gasteiger partial charge on any atom is -0.444 e. The lowest BCUT2D eigenvalue weighted by molar-refractivity contribution is 0.00578. The van der Waals surface area contributed by atoms with Gasteiger partial charge in [0.2, 0.25) is 0 Å². The van der Waals surface area contributed by atoms with E-state index in [9.17, 15) is 4.79 Å². The molecule has 1 aromatic carbocycles. The van der Waals surface area contributed by atoms with Gasteiger partial charge in [-0.05, 0) is 103 Å². The van der Waals surface area contributed by atoms with Crippen LogP contribution in [0.15, 0.2) is 18.2 Å². The summed E-state index contributed by atoms with van der Waals surface area (Å²) in [4.78, 5) is 18.0. The summed E-state index contributed by atoms with van der Waals surface area (Å²) in [7, 11) is -0.406. The number of piperidine rings is 1. The highest BCUT2D eigenvalue weighted by Crippen LogP contribution is 2.39. The zero-order valence-corrected chi connectivity index (χ0v) is 23.1. The molecule has 3 heterocycles. The van der Waals surface area contributed by atoms with Gasteiger partial charge in [-0.2, -0.15) is 0 Å². The number of aromatic nitrogens is 1. The lowest BCUT2D eigenvalue weighted by Gasteiger charge is -2.33. The van der Waals surface area contributed by atoms with Crippen LogP contribution in [0.25, 0.3) is 10.9 Å². The number of rotatable bonds is 4. The van der Waals surface area contributed by atoms with Crippen LogP contribution < -0.4 is 5.59 Å². The number of carbonyl (C=O) groups is 1. The first-order valence-electron chi connectivity index (χ1n) is 13.2. The molecule has 1 amide bonds. The van der Waals surface area contributed by atoms with Gasteiger partial charge in [0.15, 0.2) is 0 Å². The van der Waals surface area contributed by atoms with Crippen molar-refractivity contribution in [2.24, 2.45) is 0 Å². The van der Waals surface area contributed by atoms with E-state index < -0.39 is 12.7 Å². The Bertz CT molecular complexity index is 1060. The highest BCUT2D eigenvalue weighted by molar-refractivity contribution is 6.62. The van der Waals surface area contributed by atoms with Gasteiger partial charge in [0.1, 0.15) is 5.60 Å². The van der Waals surface area contributed by atoms with Crippen LogP contribution in [-0.2, 0) is 14.0 Å². The molecule has 0 radical (unpaired) electrons. The lowest BCUT2D eigenvalue weighted by Crippen LogP contribution is -2.41. The van der Waals surface area contributed by atoms with Gasteiger partial charge in [-0.15, -0.1) is 0 Å². The maximum Gasteiger partial charge on any atom is 0.512 e. The zero-order valence-electron chi connectivity index (χ0n) is 23.1. The number of benzene rings is 1. The number of hydrogen-bond donors (Lipinski definition) is 1. The Morgan fingerprint density at radius 1 is 1.17 bits per heavy atom. The fourth-order valence-electron chi connectivity index (χ4n) is 5.11. The Balaban J connectivity index is 1.59. The molecule has 2 saturated heterocycles. The summed E-state index contributed by atoms with van der Waals surface area (Å²) >= 11 is 0. The van der Waals surface area contributed by atoms with E-state index in [0.29, 0.717) is 11.8 Å². The summed E-state index contributed by atoms with van der Waals surface area (Å²) in [6, 6.07) is 6.79. The molecule has 0 bridgehead atoms. The molecule has 2 fully saturated rings. The Hall–Kier alpha value is -1.99. The van der Waals surface area contributed by atoms with Crippen molar-refractivity contribution in [3.05, 3.63) is 29.3 Å². The lowest BCUT2D eigenvalue weighted by atomic mass is 9.77. The number of carbonyl (C=O) groups excluding carboxylic acids is 1. The van der Waals surface area contributed by atoms with Gasteiger partial charge in [0, 0.05) is 29.6 Å². The molecule has 2 aliphatic heterocycles. The smallest absolute Gasteiger partial charge is 0.444 e. The number of fused-ring (bicyclic) bond motifs is 1. The number of hydrogen-bond acceptors (Lipinski definition) is 4. The van der Waals surface area contributed by atoms with Gasteiger partial charge in [0.05, 0.1) is 11.2 Å². The molecule has 1 N–H and O–H groups in total. The minimum absolute atomic E-state index is 0.205. The maximum atomic E-state index is 12.5.